The number of ether oxygens (including phenoxy) is 1. The summed E-state index contributed by atoms with van der Waals surface area (Å²) in [6.07, 6.45) is 2.13. The molecule has 0 saturated carbocycles. The molecule has 0 bridgehead atoms. The molecule has 0 saturated heterocycles. The summed E-state index contributed by atoms with van der Waals surface area (Å²) in [6, 6.07) is 4.83. The van der Waals surface area contributed by atoms with E-state index in [1.807, 2.05) is 6.92 Å². The number of aromatic amines is 1. The fraction of sp³-hybridized carbons (Fsp3) is 0.143. The second-order valence-electron chi connectivity index (χ2n) is 4.22. The highest BCUT2D eigenvalue weighted by Crippen LogP contribution is 2.31. The Morgan fingerprint density at radius 1 is 1.40 bits per heavy atom. The van der Waals surface area contributed by atoms with Gasteiger partial charge in [0.15, 0.2) is 6.29 Å². The minimum Gasteiger partial charge on any atom is -0.495 e. The van der Waals surface area contributed by atoms with Gasteiger partial charge in [0.1, 0.15) is 11.4 Å². The van der Waals surface area contributed by atoms with Crippen LogP contribution in [0.3, 0.4) is 0 Å². The zero-order valence-corrected chi connectivity index (χ0v) is 11.7. The number of methoxy groups -OCH3 is 1. The van der Waals surface area contributed by atoms with Crippen molar-refractivity contribution in [2.45, 2.75) is 6.92 Å². The van der Waals surface area contributed by atoms with Crippen LogP contribution >= 0.6 is 11.6 Å². The molecule has 1 aromatic heterocycles. The van der Waals surface area contributed by atoms with E-state index in [1.165, 1.54) is 19.4 Å². The Morgan fingerprint density at radius 2 is 2.15 bits per heavy atom. The number of hydrogen-bond donors (Lipinski definition) is 2. The fourth-order valence-corrected chi connectivity index (χ4v) is 1.88. The Bertz CT molecular complexity index is 664. The molecule has 0 unspecified atom stereocenters. The first kappa shape index (κ1) is 14.1. The highest BCUT2D eigenvalue weighted by molar-refractivity contribution is 6.31. The van der Waals surface area contributed by atoms with Gasteiger partial charge in [-0.1, -0.05) is 11.6 Å². The molecule has 0 fully saturated rings. The Labute approximate surface area is 120 Å². The molecule has 2 N–H and O–H groups in total. The van der Waals surface area contributed by atoms with Gasteiger partial charge in [0.2, 0.25) is 0 Å². The Hall–Kier alpha value is -2.27. The highest BCUT2D eigenvalue weighted by Gasteiger charge is 2.13. The maximum atomic E-state index is 12.1. The summed E-state index contributed by atoms with van der Waals surface area (Å²) in [5.74, 6) is 0.106. The Morgan fingerprint density at radius 3 is 2.75 bits per heavy atom. The molecule has 2 rings (SSSR count). The molecular formula is C14H13ClN2O3. The minimum absolute atomic E-state index is 0.293. The van der Waals surface area contributed by atoms with Gasteiger partial charge in [0, 0.05) is 22.8 Å². The van der Waals surface area contributed by atoms with Gasteiger partial charge >= 0.3 is 0 Å². The predicted octanol–water partition coefficient (Wildman–Crippen LogP) is 3.05. The average Bonchev–Trinajstić information content (AvgIpc) is 2.91. The molecule has 20 heavy (non-hydrogen) atoms. The lowest BCUT2D eigenvalue weighted by Gasteiger charge is -2.11. The van der Waals surface area contributed by atoms with E-state index in [4.69, 9.17) is 16.3 Å². The van der Waals surface area contributed by atoms with Crippen LogP contribution in [0.1, 0.15) is 26.4 Å². The zero-order valence-electron chi connectivity index (χ0n) is 11.0. The van der Waals surface area contributed by atoms with Crippen molar-refractivity contribution in [1.82, 2.24) is 4.98 Å². The van der Waals surface area contributed by atoms with E-state index in [1.54, 1.807) is 12.1 Å². The number of carbonyl (C=O) groups excluding carboxylic acids is 2. The molecule has 1 aromatic carbocycles. The monoisotopic (exact) mass is 292 g/mol. The molecule has 0 aliphatic carbocycles. The third-order valence-corrected chi connectivity index (χ3v) is 3.22. The summed E-state index contributed by atoms with van der Waals surface area (Å²) in [4.78, 5) is 25.4. The molecule has 0 atom stereocenters. The second-order valence-corrected chi connectivity index (χ2v) is 4.63. The van der Waals surface area contributed by atoms with Gasteiger partial charge in [-0.15, -0.1) is 0 Å². The molecule has 0 radical (unpaired) electrons. The zero-order chi connectivity index (χ0) is 14.7. The number of aryl methyl sites for hydroxylation is 1. The summed E-state index contributed by atoms with van der Waals surface area (Å²) in [6.45, 7) is 1.83. The number of carbonyl (C=O) groups is 2. The summed E-state index contributed by atoms with van der Waals surface area (Å²) in [7, 11) is 1.50. The average molecular weight is 293 g/mol. The van der Waals surface area contributed by atoms with E-state index in [2.05, 4.69) is 10.3 Å². The molecule has 0 aliphatic rings. The topological polar surface area (TPSA) is 71.2 Å². The summed E-state index contributed by atoms with van der Waals surface area (Å²) in [5.41, 5.74) is 2.04. The van der Waals surface area contributed by atoms with Gasteiger partial charge < -0.3 is 15.0 Å². The fourth-order valence-electron chi connectivity index (χ4n) is 1.73. The van der Waals surface area contributed by atoms with E-state index >= 15 is 0 Å². The molecule has 1 amide bonds. The van der Waals surface area contributed by atoms with Gasteiger partial charge in [-0.05, 0) is 24.6 Å². The third kappa shape index (κ3) is 2.83. The number of aromatic nitrogens is 1. The second kappa shape index (κ2) is 5.79. The normalized spacial score (nSPS) is 10.2. The smallest absolute Gasteiger partial charge is 0.272 e. The number of H-pyrrole nitrogens is 1. The summed E-state index contributed by atoms with van der Waals surface area (Å²) in [5, 5.41) is 3.27. The molecule has 6 heteroatoms. The highest BCUT2D eigenvalue weighted by atomic mass is 35.5. The van der Waals surface area contributed by atoms with Gasteiger partial charge in [0.05, 0.1) is 12.8 Å². The molecule has 5 nitrogen and oxygen atoms in total. The number of benzene rings is 1. The lowest BCUT2D eigenvalue weighted by Crippen LogP contribution is -2.13. The maximum Gasteiger partial charge on any atom is 0.272 e. The number of halogens is 1. The molecule has 104 valence electrons. The molecule has 0 spiro atoms. The number of amides is 1. The van der Waals surface area contributed by atoms with Crippen molar-refractivity contribution >= 4 is 29.5 Å². The van der Waals surface area contributed by atoms with E-state index in [0.29, 0.717) is 34.0 Å². The van der Waals surface area contributed by atoms with E-state index in [9.17, 15) is 9.59 Å². The predicted molar refractivity (Wildman–Crippen MR) is 76.9 cm³/mol. The lowest BCUT2D eigenvalue weighted by atomic mass is 10.2. The summed E-state index contributed by atoms with van der Waals surface area (Å²) < 4.78 is 5.18. The van der Waals surface area contributed by atoms with Crippen LogP contribution in [0.4, 0.5) is 5.69 Å². The van der Waals surface area contributed by atoms with Crippen LogP contribution in [0, 0.1) is 6.92 Å². The van der Waals surface area contributed by atoms with Gasteiger partial charge in [0.25, 0.3) is 5.91 Å². The molecule has 2 aromatic rings. The first-order valence-electron chi connectivity index (χ1n) is 5.84. The van der Waals surface area contributed by atoms with Crippen LogP contribution < -0.4 is 10.1 Å². The van der Waals surface area contributed by atoms with Crippen molar-refractivity contribution in [3.63, 3.8) is 0 Å². The van der Waals surface area contributed by atoms with E-state index < -0.39 is 0 Å². The van der Waals surface area contributed by atoms with E-state index in [-0.39, 0.29) is 5.91 Å². The maximum absolute atomic E-state index is 12.1. The van der Waals surface area contributed by atoms with E-state index in [0.717, 1.165) is 5.56 Å². The number of hydrogen-bond acceptors (Lipinski definition) is 3. The van der Waals surface area contributed by atoms with Gasteiger partial charge in [-0.2, -0.15) is 0 Å². The Balaban J connectivity index is 2.27. The van der Waals surface area contributed by atoms with Crippen molar-refractivity contribution < 1.29 is 14.3 Å². The first-order valence-corrected chi connectivity index (χ1v) is 6.22. The molecule has 0 aliphatic heterocycles. The van der Waals surface area contributed by atoms with Crippen molar-refractivity contribution in [2.75, 3.05) is 12.4 Å². The lowest BCUT2D eigenvalue weighted by molar-refractivity contribution is 0.102. The van der Waals surface area contributed by atoms with Gasteiger partial charge in [-0.3, -0.25) is 9.59 Å². The minimum atomic E-state index is -0.363. The molecular weight excluding hydrogens is 280 g/mol. The van der Waals surface area contributed by atoms with Gasteiger partial charge in [-0.25, -0.2) is 0 Å². The van der Waals surface area contributed by atoms with Crippen LogP contribution in [0.5, 0.6) is 5.75 Å². The van der Waals surface area contributed by atoms with Crippen molar-refractivity contribution in [1.29, 1.82) is 0 Å². The standard InChI is InChI=1S/C14H13ClN2O3/c1-8-3-11(13(20-2)5-10(8)15)17-14(19)12-4-9(7-18)6-16-12/h3-7,16H,1-2H3,(H,17,19). The summed E-state index contributed by atoms with van der Waals surface area (Å²) >= 11 is 6.00. The van der Waals surface area contributed by atoms with Crippen LogP contribution in [0.15, 0.2) is 24.4 Å². The van der Waals surface area contributed by atoms with Crippen molar-refractivity contribution in [3.8, 4) is 5.75 Å². The van der Waals surface area contributed by atoms with Crippen molar-refractivity contribution in [2.24, 2.45) is 0 Å². The number of anilines is 1. The quantitative estimate of drug-likeness (QED) is 0.851. The van der Waals surface area contributed by atoms with Crippen LogP contribution in [-0.4, -0.2) is 24.3 Å². The van der Waals surface area contributed by atoms with Crippen LogP contribution in [0.25, 0.3) is 0 Å². The van der Waals surface area contributed by atoms with Crippen molar-refractivity contribution in [3.05, 3.63) is 46.2 Å². The number of nitrogens with one attached hydrogen (secondary N) is 2. The Kier molecular flexibility index (Phi) is 4.10. The first-order chi connectivity index (χ1) is 9.55. The van der Waals surface area contributed by atoms with Crippen LogP contribution in [-0.2, 0) is 0 Å². The number of rotatable bonds is 4. The van der Waals surface area contributed by atoms with Crippen LogP contribution in [0.2, 0.25) is 5.02 Å². The molecule has 1 heterocycles. The SMILES string of the molecule is COc1cc(Cl)c(C)cc1NC(=O)c1cc(C=O)c[nH]1. The number of aldehydes is 1. The largest absolute Gasteiger partial charge is 0.495 e. The third-order valence-electron chi connectivity index (χ3n) is 2.81.